The zero-order valence-corrected chi connectivity index (χ0v) is 8.49. The largest absolute Gasteiger partial charge is 0.481 e. The van der Waals surface area contributed by atoms with Crippen LogP contribution >= 0.6 is 0 Å². The van der Waals surface area contributed by atoms with Gasteiger partial charge in [-0.1, -0.05) is 0 Å². The highest BCUT2D eigenvalue weighted by molar-refractivity contribution is 5.74. The van der Waals surface area contributed by atoms with Crippen LogP contribution in [0.1, 0.15) is 25.7 Å². The first-order valence-corrected chi connectivity index (χ1v) is 4.44. The Morgan fingerprint density at radius 1 is 1.29 bits per heavy atom. The molecule has 14 heavy (non-hydrogen) atoms. The van der Waals surface area contributed by atoms with Crippen LogP contribution in [0.2, 0.25) is 0 Å². The molecule has 0 saturated carbocycles. The van der Waals surface area contributed by atoms with Gasteiger partial charge in [0.05, 0.1) is 7.11 Å². The van der Waals surface area contributed by atoms with Crippen molar-refractivity contribution in [3.63, 3.8) is 0 Å². The Kier molecular flexibility index (Phi) is 6.74. The fraction of sp³-hybridized carbons (Fsp3) is 0.778. The first kappa shape index (κ1) is 12.9. The van der Waals surface area contributed by atoms with Gasteiger partial charge in [0.2, 0.25) is 0 Å². The molecule has 0 aromatic rings. The lowest BCUT2D eigenvalue weighted by Gasteiger charge is -2.11. The molecule has 5 heteroatoms. The topological polar surface area (TPSA) is 72.8 Å². The zero-order chi connectivity index (χ0) is 11.0. The Morgan fingerprint density at radius 2 is 1.93 bits per heavy atom. The van der Waals surface area contributed by atoms with Crippen LogP contribution in [0.4, 0.5) is 0 Å². The molecule has 0 aromatic heterocycles. The third-order valence-electron chi connectivity index (χ3n) is 1.86. The molecule has 0 amide bonds. The van der Waals surface area contributed by atoms with Gasteiger partial charge < -0.3 is 14.6 Å². The number of methoxy groups -OCH3 is 2. The molecule has 0 aliphatic carbocycles. The average Bonchev–Trinajstić information content (AvgIpc) is 2.16. The predicted octanol–water partition coefficient (Wildman–Crippen LogP) is 0.819. The number of carboxylic acid groups (broad SMARTS) is 1. The van der Waals surface area contributed by atoms with E-state index in [0.29, 0.717) is 19.3 Å². The number of ether oxygens (including phenoxy) is 2. The van der Waals surface area contributed by atoms with E-state index in [-0.39, 0.29) is 6.42 Å². The summed E-state index contributed by atoms with van der Waals surface area (Å²) in [6.07, 6.45) is 1.23. The smallest absolute Gasteiger partial charge is 0.334 e. The summed E-state index contributed by atoms with van der Waals surface area (Å²) in [6, 6.07) is 0. The van der Waals surface area contributed by atoms with Crippen molar-refractivity contribution in [1.82, 2.24) is 0 Å². The van der Waals surface area contributed by atoms with Crippen LogP contribution in [0.5, 0.6) is 0 Å². The molecule has 1 atom stereocenters. The van der Waals surface area contributed by atoms with Gasteiger partial charge in [0.1, 0.15) is 0 Å². The molecular weight excluding hydrogens is 188 g/mol. The van der Waals surface area contributed by atoms with E-state index in [2.05, 4.69) is 4.74 Å². The lowest BCUT2D eigenvalue weighted by Crippen LogP contribution is -2.24. The summed E-state index contributed by atoms with van der Waals surface area (Å²) in [5.41, 5.74) is 0. The highest BCUT2D eigenvalue weighted by Crippen LogP contribution is 2.07. The molecule has 0 radical (unpaired) electrons. The van der Waals surface area contributed by atoms with Crippen molar-refractivity contribution in [2.45, 2.75) is 31.8 Å². The Morgan fingerprint density at radius 3 is 2.36 bits per heavy atom. The van der Waals surface area contributed by atoms with Crippen molar-refractivity contribution < 1.29 is 24.2 Å². The minimum atomic E-state index is -0.822. The Bertz CT molecular complexity index is 190. The molecule has 0 aromatic carbocycles. The minimum Gasteiger partial charge on any atom is -0.481 e. The number of unbranched alkanes of at least 4 members (excludes halogenated alkanes) is 1. The number of carboxylic acids is 1. The Labute approximate surface area is 83.0 Å². The van der Waals surface area contributed by atoms with Crippen LogP contribution in [0.25, 0.3) is 0 Å². The fourth-order valence-corrected chi connectivity index (χ4v) is 1.07. The van der Waals surface area contributed by atoms with Crippen molar-refractivity contribution >= 4 is 11.9 Å². The normalized spacial score (nSPS) is 12.1. The number of esters is 1. The standard InChI is InChI=1S/C9H16O5/c1-13-7(9(12)14-2)5-3-4-6-8(10)11/h7H,3-6H2,1-2H3,(H,10,11). The lowest BCUT2D eigenvalue weighted by molar-refractivity contribution is -0.152. The van der Waals surface area contributed by atoms with Gasteiger partial charge in [0.25, 0.3) is 0 Å². The molecule has 0 rings (SSSR count). The monoisotopic (exact) mass is 204 g/mol. The van der Waals surface area contributed by atoms with Gasteiger partial charge in [-0.3, -0.25) is 4.79 Å². The fourth-order valence-electron chi connectivity index (χ4n) is 1.07. The number of rotatable bonds is 7. The van der Waals surface area contributed by atoms with Crippen LogP contribution < -0.4 is 0 Å². The van der Waals surface area contributed by atoms with Gasteiger partial charge in [0, 0.05) is 13.5 Å². The van der Waals surface area contributed by atoms with E-state index in [1.54, 1.807) is 0 Å². The SMILES string of the molecule is COC(=O)C(CCCCC(=O)O)OC. The average molecular weight is 204 g/mol. The van der Waals surface area contributed by atoms with E-state index >= 15 is 0 Å². The van der Waals surface area contributed by atoms with Gasteiger partial charge in [0.15, 0.2) is 6.10 Å². The summed E-state index contributed by atoms with van der Waals surface area (Å²) in [5.74, 6) is -1.24. The van der Waals surface area contributed by atoms with Crippen molar-refractivity contribution in [2.24, 2.45) is 0 Å². The molecule has 1 unspecified atom stereocenters. The summed E-state index contributed by atoms with van der Waals surface area (Å²) >= 11 is 0. The van der Waals surface area contributed by atoms with Gasteiger partial charge in [-0.15, -0.1) is 0 Å². The van der Waals surface area contributed by atoms with E-state index in [9.17, 15) is 9.59 Å². The maximum atomic E-state index is 11.0. The van der Waals surface area contributed by atoms with Crippen LogP contribution in [0, 0.1) is 0 Å². The number of hydrogen-bond donors (Lipinski definition) is 1. The molecule has 0 aliphatic rings. The third kappa shape index (κ3) is 5.53. The maximum Gasteiger partial charge on any atom is 0.334 e. The first-order valence-electron chi connectivity index (χ1n) is 4.44. The van der Waals surface area contributed by atoms with Crippen molar-refractivity contribution in [2.75, 3.05) is 14.2 Å². The summed E-state index contributed by atoms with van der Waals surface area (Å²) in [4.78, 5) is 21.2. The lowest BCUT2D eigenvalue weighted by atomic mass is 10.1. The number of carbonyl (C=O) groups is 2. The second kappa shape index (κ2) is 7.32. The second-order valence-corrected chi connectivity index (χ2v) is 2.89. The van der Waals surface area contributed by atoms with Crippen LogP contribution in [0.3, 0.4) is 0 Å². The van der Waals surface area contributed by atoms with Crippen molar-refractivity contribution in [3.05, 3.63) is 0 Å². The highest BCUT2D eigenvalue weighted by Gasteiger charge is 2.17. The minimum absolute atomic E-state index is 0.123. The van der Waals surface area contributed by atoms with Crippen molar-refractivity contribution in [1.29, 1.82) is 0 Å². The van der Waals surface area contributed by atoms with Crippen LogP contribution in [0.15, 0.2) is 0 Å². The van der Waals surface area contributed by atoms with E-state index in [0.717, 1.165) is 0 Å². The van der Waals surface area contributed by atoms with Crippen LogP contribution in [-0.4, -0.2) is 37.4 Å². The number of aliphatic carboxylic acids is 1. The predicted molar refractivity (Wildman–Crippen MR) is 48.9 cm³/mol. The van der Waals surface area contributed by atoms with E-state index in [1.807, 2.05) is 0 Å². The van der Waals surface area contributed by atoms with Gasteiger partial charge in [-0.2, -0.15) is 0 Å². The molecule has 82 valence electrons. The van der Waals surface area contributed by atoms with Crippen molar-refractivity contribution in [3.8, 4) is 0 Å². The van der Waals surface area contributed by atoms with Crippen LogP contribution in [-0.2, 0) is 19.1 Å². The van der Waals surface area contributed by atoms with E-state index in [4.69, 9.17) is 9.84 Å². The Balaban J connectivity index is 3.63. The quantitative estimate of drug-likeness (QED) is 0.491. The molecule has 0 aliphatic heterocycles. The first-order chi connectivity index (χ1) is 6.61. The molecule has 0 bridgehead atoms. The highest BCUT2D eigenvalue weighted by atomic mass is 16.6. The zero-order valence-electron chi connectivity index (χ0n) is 8.49. The van der Waals surface area contributed by atoms with E-state index < -0.39 is 18.0 Å². The van der Waals surface area contributed by atoms with Gasteiger partial charge in [-0.25, -0.2) is 4.79 Å². The second-order valence-electron chi connectivity index (χ2n) is 2.89. The Hall–Kier alpha value is -1.10. The summed E-state index contributed by atoms with van der Waals surface area (Å²) in [7, 11) is 2.73. The molecule has 0 heterocycles. The molecule has 0 fully saturated rings. The maximum absolute atomic E-state index is 11.0. The van der Waals surface area contributed by atoms with Gasteiger partial charge >= 0.3 is 11.9 Å². The molecular formula is C9H16O5. The number of hydrogen-bond acceptors (Lipinski definition) is 4. The summed E-state index contributed by atoms with van der Waals surface area (Å²) in [6.45, 7) is 0. The molecule has 0 saturated heterocycles. The number of carbonyl (C=O) groups excluding carboxylic acids is 1. The molecule has 5 nitrogen and oxygen atoms in total. The summed E-state index contributed by atoms with van der Waals surface area (Å²) < 4.78 is 9.39. The third-order valence-corrected chi connectivity index (χ3v) is 1.86. The molecule has 0 spiro atoms. The molecule has 1 N–H and O–H groups in total. The van der Waals surface area contributed by atoms with Gasteiger partial charge in [-0.05, 0) is 19.3 Å². The summed E-state index contributed by atoms with van der Waals surface area (Å²) in [5, 5.41) is 8.37. The van der Waals surface area contributed by atoms with E-state index in [1.165, 1.54) is 14.2 Å².